The highest BCUT2D eigenvalue weighted by atomic mass is 16.2. The van der Waals surface area contributed by atoms with Crippen LogP contribution in [0.1, 0.15) is 30.3 Å². The summed E-state index contributed by atoms with van der Waals surface area (Å²) < 4.78 is 1.66. The monoisotopic (exact) mass is 348 g/mol. The highest BCUT2D eigenvalue weighted by molar-refractivity contribution is 6.06. The molecule has 0 radical (unpaired) electrons. The molecule has 0 spiro atoms. The van der Waals surface area contributed by atoms with Gasteiger partial charge in [0.25, 0.3) is 5.91 Å². The molecule has 1 fully saturated rings. The SMILES string of the molecule is CCn1nccc1C(=O)Nc1c(NC2CC2)ncnc1-c1ccccc1. The van der Waals surface area contributed by atoms with Gasteiger partial charge in [-0.15, -0.1) is 0 Å². The van der Waals surface area contributed by atoms with Gasteiger partial charge in [0.2, 0.25) is 0 Å². The Bertz CT molecular complexity index is 917. The van der Waals surface area contributed by atoms with Crippen LogP contribution in [-0.2, 0) is 6.54 Å². The van der Waals surface area contributed by atoms with Gasteiger partial charge >= 0.3 is 0 Å². The lowest BCUT2D eigenvalue weighted by molar-refractivity contribution is 0.101. The van der Waals surface area contributed by atoms with Crippen molar-refractivity contribution in [3.63, 3.8) is 0 Å². The molecule has 0 atom stereocenters. The van der Waals surface area contributed by atoms with Crippen LogP contribution in [0.3, 0.4) is 0 Å². The maximum atomic E-state index is 12.8. The number of carbonyl (C=O) groups excluding carboxylic acids is 1. The highest BCUT2D eigenvalue weighted by Gasteiger charge is 2.25. The van der Waals surface area contributed by atoms with E-state index in [9.17, 15) is 4.79 Å². The second-order valence-electron chi connectivity index (χ2n) is 6.22. The van der Waals surface area contributed by atoms with E-state index in [-0.39, 0.29) is 5.91 Å². The van der Waals surface area contributed by atoms with Crippen LogP contribution in [-0.4, -0.2) is 31.7 Å². The first-order chi connectivity index (χ1) is 12.8. The molecule has 0 unspecified atom stereocenters. The first-order valence-electron chi connectivity index (χ1n) is 8.76. The van der Waals surface area contributed by atoms with E-state index in [1.807, 2.05) is 37.3 Å². The van der Waals surface area contributed by atoms with Crippen LogP contribution in [0.5, 0.6) is 0 Å². The molecule has 3 aromatic rings. The van der Waals surface area contributed by atoms with Gasteiger partial charge in [-0.05, 0) is 25.8 Å². The second-order valence-corrected chi connectivity index (χ2v) is 6.22. The van der Waals surface area contributed by atoms with Crippen molar-refractivity contribution in [2.45, 2.75) is 32.4 Å². The van der Waals surface area contributed by atoms with Gasteiger partial charge in [-0.3, -0.25) is 9.48 Å². The second kappa shape index (κ2) is 6.95. The fourth-order valence-corrected chi connectivity index (χ4v) is 2.80. The van der Waals surface area contributed by atoms with Crippen molar-refractivity contribution in [2.24, 2.45) is 0 Å². The van der Waals surface area contributed by atoms with Crippen LogP contribution in [0.25, 0.3) is 11.3 Å². The Morgan fingerprint density at radius 3 is 2.73 bits per heavy atom. The quantitative estimate of drug-likeness (QED) is 0.715. The summed E-state index contributed by atoms with van der Waals surface area (Å²) in [5, 5.41) is 10.6. The van der Waals surface area contributed by atoms with Crippen LogP contribution >= 0.6 is 0 Å². The van der Waals surface area contributed by atoms with Gasteiger partial charge in [-0.1, -0.05) is 30.3 Å². The number of aromatic nitrogens is 4. The summed E-state index contributed by atoms with van der Waals surface area (Å²) in [5.41, 5.74) is 2.72. The molecule has 2 aromatic heterocycles. The van der Waals surface area contributed by atoms with E-state index in [1.165, 1.54) is 6.33 Å². The third-order valence-electron chi connectivity index (χ3n) is 4.30. The lowest BCUT2D eigenvalue weighted by atomic mass is 10.1. The molecule has 1 aromatic carbocycles. The molecule has 7 heteroatoms. The molecule has 0 saturated heterocycles. The smallest absolute Gasteiger partial charge is 0.274 e. The van der Waals surface area contributed by atoms with E-state index in [0.717, 1.165) is 18.4 Å². The molecule has 2 heterocycles. The molecular weight excluding hydrogens is 328 g/mol. The molecule has 0 bridgehead atoms. The topological polar surface area (TPSA) is 84.7 Å². The number of carbonyl (C=O) groups is 1. The van der Waals surface area contributed by atoms with E-state index in [2.05, 4.69) is 25.7 Å². The van der Waals surface area contributed by atoms with Crippen molar-refractivity contribution in [1.82, 2.24) is 19.7 Å². The van der Waals surface area contributed by atoms with Crippen molar-refractivity contribution < 1.29 is 4.79 Å². The molecule has 26 heavy (non-hydrogen) atoms. The Labute approximate surface area is 151 Å². The van der Waals surface area contributed by atoms with Crippen LogP contribution in [0, 0.1) is 0 Å². The Morgan fingerprint density at radius 2 is 2.00 bits per heavy atom. The Hall–Kier alpha value is -3.22. The first-order valence-corrected chi connectivity index (χ1v) is 8.76. The van der Waals surface area contributed by atoms with E-state index in [0.29, 0.717) is 35.5 Å². The number of nitrogens with zero attached hydrogens (tertiary/aromatic N) is 4. The molecule has 2 N–H and O–H groups in total. The van der Waals surface area contributed by atoms with Crippen LogP contribution in [0.2, 0.25) is 0 Å². The summed E-state index contributed by atoms with van der Waals surface area (Å²) in [7, 11) is 0. The summed E-state index contributed by atoms with van der Waals surface area (Å²) in [6.45, 7) is 2.57. The maximum Gasteiger partial charge on any atom is 0.274 e. The van der Waals surface area contributed by atoms with Crippen molar-refractivity contribution in [1.29, 1.82) is 0 Å². The predicted octanol–water partition coefficient (Wildman–Crippen LogP) is 3.19. The lowest BCUT2D eigenvalue weighted by Crippen LogP contribution is -2.20. The van der Waals surface area contributed by atoms with Crippen LogP contribution in [0.15, 0.2) is 48.9 Å². The molecule has 1 aliphatic rings. The average molecular weight is 348 g/mol. The third-order valence-corrected chi connectivity index (χ3v) is 4.30. The number of rotatable bonds is 6. The number of amides is 1. The summed E-state index contributed by atoms with van der Waals surface area (Å²) in [5.74, 6) is 0.424. The van der Waals surface area contributed by atoms with Crippen molar-refractivity contribution in [3.8, 4) is 11.3 Å². The minimum Gasteiger partial charge on any atom is -0.365 e. The number of benzene rings is 1. The van der Waals surface area contributed by atoms with Gasteiger partial charge < -0.3 is 10.6 Å². The molecule has 1 aliphatic carbocycles. The Morgan fingerprint density at radius 1 is 1.19 bits per heavy atom. The average Bonchev–Trinajstić information content (AvgIpc) is 3.36. The lowest BCUT2D eigenvalue weighted by Gasteiger charge is -2.15. The van der Waals surface area contributed by atoms with E-state index in [1.54, 1.807) is 16.9 Å². The van der Waals surface area contributed by atoms with Crippen molar-refractivity contribution >= 4 is 17.4 Å². The van der Waals surface area contributed by atoms with Crippen molar-refractivity contribution in [3.05, 3.63) is 54.6 Å². The van der Waals surface area contributed by atoms with Gasteiger partial charge in [0, 0.05) is 24.3 Å². The molecule has 1 saturated carbocycles. The molecule has 4 rings (SSSR count). The number of hydrogen-bond acceptors (Lipinski definition) is 5. The fourth-order valence-electron chi connectivity index (χ4n) is 2.80. The minimum atomic E-state index is -0.227. The van der Waals surface area contributed by atoms with Gasteiger partial charge in [-0.2, -0.15) is 5.10 Å². The van der Waals surface area contributed by atoms with Crippen molar-refractivity contribution in [2.75, 3.05) is 10.6 Å². The Balaban J connectivity index is 1.73. The molecule has 1 amide bonds. The zero-order valence-corrected chi connectivity index (χ0v) is 14.5. The predicted molar refractivity (Wildman–Crippen MR) is 100.0 cm³/mol. The first kappa shape index (κ1) is 16.3. The van der Waals surface area contributed by atoms with Crippen LogP contribution in [0.4, 0.5) is 11.5 Å². The zero-order valence-electron chi connectivity index (χ0n) is 14.5. The van der Waals surface area contributed by atoms with E-state index in [4.69, 9.17) is 0 Å². The number of anilines is 2. The Kier molecular flexibility index (Phi) is 4.35. The van der Waals surface area contributed by atoms with Crippen LogP contribution < -0.4 is 10.6 Å². The molecule has 0 aliphatic heterocycles. The third kappa shape index (κ3) is 3.28. The summed E-state index contributed by atoms with van der Waals surface area (Å²) in [4.78, 5) is 21.6. The highest BCUT2D eigenvalue weighted by Crippen LogP contribution is 2.34. The number of aryl methyl sites for hydroxylation is 1. The van der Waals surface area contributed by atoms with E-state index < -0.39 is 0 Å². The van der Waals surface area contributed by atoms with Gasteiger partial charge in [-0.25, -0.2) is 9.97 Å². The number of nitrogens with one attached hydrogen (secondary N) is 2. The molecule has 132 valence electrons. The maximum absolute atomic E-state index is 12.8. The minimum absolute atomic E-state index is 0.227. The van der Waals surface area contributed by atoms with E-state index >= 15 is 0 Å². The normalized spacial score (nSPS) is 13.4. The molecule has 7 nitrogen and oxygen atoms in total. The zero-order chi connectivity index (χ0) is 17.9. The van der Waals surface area contributed by atoms with Gasteiger partial charge in [0.05, 0.1) is 5.69 Å². The number of hydrogen-bond donors (Lipinski definition) is 2. The largest absolute Gasteiger partial charge is 0.365 e. The summed E-state index contributed by atoms with van der Waals surface area (Å²) >= 11 is 0. The fraction of sp³-hybridized carbons (Fsp3) is 0.263. The van der Waals surface area contributed by atoms with Gasteiger partial charge in [0.15, 0.2) is 5.82 Å². The standard InChI is InChI=1S/C19H20N6O/c1-2-25-15(10-11-22-25)19(26)24-17-16(13-6-4-3-5-7-13)20-12-21-18(17)23-14-8-9-14/h3-7,10-12,14H,2,8-9H2,1H3,(H,24,26)(H,20,21,23). The van der Waals surface area contributed by atoms with Gasteiger partial charge in [0.1, 0.15) is 17.7 Å². The summed E-state index contributed by atoms with van der Waals surface area (Å²) in [6.07, 6.45) is 5.38. The molecular formula is C19H20N6O. The summed E-state index contributed by atoms with van der Waals surface area (Å²) in [6, 6.07) is 11.9.